The molecular weight excluding hydrogens is 140 g/mol. The van der Waals surface area contributed by atoms with Crippen molar-refractivity contribution in [3.05, 3.63) is 31.0 Å². The van der Waals surface area contributed by atoms with Crippen molar-refractivity contribution in [3.8, 4) is 5.82 Å². The molecule has 0 aliphatic heterocycles. The van der Waals surface area contributed by atoms with Crippen LogP contribution in [0.15, 0.2) is 31.0 Å². The Labute approximate surface area is 64.1 Å². The zero-order valence-electron chi connectivity index (χ0n) is 6.18. The average molecular weight is 148 g/mol. The second kappa shape index (κ2) is 2.23. The highest BCUT2D eigenvalue weighted by Crippen LogP contribution is 2.00. The van der Waals surface area contributed by atoms with Crippen LogP contribution in [0.1, 0.15) is 0 Å². The largest absolute Gasteiger partial charge is 0.289 e. The van der Waals surface area contributed by atoms with Crippen molar-refractivity contribution < 1.29 is 0 Å². The predicted molar refractivity (Wildman–Crippen MR) is 40.3 cm³/mol. The Morgan fingerprint density at radius 1 is 1.36 bits per heavy atom. The molecule has 0 spiro atoms. The van der Waals surface area contributed by atoms with E-state index in [0.717, 1.165) is 5.82 Å². The van der Waals surface area contributed by atoms with Gasteiger partial charge in [-0.15, -0.1) is 0 Å². The number of rotatable bonds is 1. The van der Waals surface area contributed by atoms with E-state index >= 15 is 0 Å². The summed E-state index contributed by atoms with van der Waals surface area (Å²) in [4.78, 5) is 3.92. The smallest absolute Gasteiger partial charge is 0.159 e. The van der Waals surface area contributed by atoms with Crippen LogP contribution in [0, 0.1) is 0 Å². The van der Waals surface area contributed by atoms with E-state index in [9.17, 15) is 0 Å². The second-order valence-corrected chi connectivity index (χ2v) is 2.32. The number of aryl methyl sites for hydroxylation is 1. The van der Waals surface area contributed by atoms with Crippen LogP contribution in [-0.4, -0.2) is 19.3 Å². The maximum absolute atomic E-state index is 4.19. The van der Waals surface area contributed by atoms with Gasteiger partial charge >= 0.3 is 0 Å². The van der Waals surface area contributed by atoms with Gasteiger partial charge in [0.1, 0.15) is 6.33 Å². The molecule has 2 heterocycles. The maximum atomic E-state index is 4.19. The molecule has 0 aromatic carbocycles. The van der Waals surface area contributed by atoms with Crippen molar-refractivity contribution in [3.63, 3.8) is 0 Å². The normalized spacial score (nSPS) is 10.3. The van der Waals surface area contributed by atoms with E-state index in [-0.39, 0.29) is 0 Å². The van der Waals surface area contributed by atoms with Crippen molar-refractivity contribution in [2.24, 2.45) is 7.05 Å². The molecule has 2 aromatic heterocycles. The summed E-state index contributed by atoms with van der Waals surface area (Å²) in [7, 11) is 1.89. The highest BCUT2D eigenvalue weighted by Gasteiger charge is 1.96. The van der Waals surface area contributed by atoms with Crippen molar-refractivity contribution in [2.75, 3.05) is 0 Å². The van der Waals surface area contributed by atoms with Crippen LogP contribution in [0.3, 0.4) is 0 Å². The molecule has 0 unspecified atom stereocenters. The highest BCUT2D eigenvalue weighted by atomic mass is 15.3. The summed E-state index contributed by atoms with van der Waals surface area (Å²) in [5.74, 6) is 0.894. The molecule has 0 saturated carbocycles. The first-order chi connectivity index (χ1) is 5.36. The molecule has 0 aliphatic rings. The first-order valence-electron chi connectivity index (χ1n) is 3.34. The summed E-state index contributed by atoms with van der Waals surface area (Å²) in [6.45, 7) is 0. The van der Waals surface area contributed by atoms with Gasteiger partial charge in [-0.3, -0.25) is 9.25 Å². The summed E-state index contributed by atoms with van der Waals surface area (Å²) in [5.41, 5.74) is 0. The van der Waals surface area contributed by atoms with Crippen LogP contribution in [0.4, 0.5) is 0 Å². The molecule has 2 rings (SSSR count). The predicted octanol–water partition coefficient (Wildman–Crippen LogP) is 0.606. The van der Waals surface area contributed by atoms with Gasteiger partial charge in [0.15, 0.2) is 5.82 Å². The van der Waals surface area contributed by atoms with Gasteiger partial charge < -0.3 is 0 Å². The third kappa shape index (κ3) is 1.02. The molecule has 0 radical (unpaired) electrons. The molecule has 2 aromatic rings. The lowest BCUT2D eigenvalue weighted by Crippen LogP contribution is -1.93. The SMILES string of the molecule is Cn1ccc(-n2ccnc2)n1. The van der Waals surface area contributed by atoms with E-state index in [1.165, 1.54) is 0 Å². The minimum atomic E-state index is 0.894. The Balaban J connectivity index is 2.45. The third-order valence-corrected chi connectivity index (χ3v) is 1.47. The summed E-state index contributed by atoms with van der Waals surface area (Å²) >= 11 is 0. The van der Waals surface area contributed by atoms with E-state index in [1.54, 1.807) is 17.2 Å². The monoisotopic (exact) mass is 148 g/mol. The van der Waals surface area contributed by atoms with E-state index in [2.05, 4.69) is 10.1 Å². The van der Waals surface area contributed by atoms with Crippen molar-refractivity contribution >= 4 is 0 Å². The van der Waals surface area contributed by atoms with E-state index in [0.29, 0.717) is 0 Å². The van der Waals surface area contributed by atoms with E-state index in [4.69, 9.17) is 0 Å². The van der Waals surface area contributed by atoms with Crippen LogP contribution in [-0.2, 0) is 7.05 Å². The Morgan fingerprint density at radius 2 is 2.27 bits per heavy atom. The minimum absolute atomic E-state index is 0.894. The van der Waals surface area contributed by atoms with Crippen LogP contribution in [0.2, 0.25) is 0 Å². The fourth-order valence-electron chi connectivity index (χ4n) is 0.935. The Bertz CT molecular complexity index is 333. The average Bonchev–Trinajstić information content (AvgIpc) is 2.55. The van der Waals surface area contributed by atoms with Gasteiger partial charge in [-0.05, 0) is 0 Å². The summed E-state index contributed by atoms with van der Waals surface area (Å²) in [5, 5.41) is 4.19. The number of hydrogen-bond acceptors (Lipinski definition) is 2. The Morgan fingerprint density at radius 3 is 2.82 bits per heavy atom. The first-order valence-corrected chi connectivity index (χ1v) is 3.34. The Hall–Kier alpha value is -1.58. The second-order valence-electron chi connectivity index (χ2n) is 2.32. The number of hydrogen-bond donors (Lipinski definition) is 0. The van der Waals surface area contributed by atoms with Gasteiger partial charge in [-0.1, -0.05) is 0 Å². The quantitative estimate of drug-likeness (QED) is 0.593. The molecule has 56 valence electrons. The van der Waals surface area contributed by atoms with Gasteiger partial charge in [-0.2, -0.15) is 5.10 Å². The van der Waals surface area contributed by atoms with Crippen LogP contribution < -0.4 is 0 Å². The molecule has 0 fully saturated rings. The number of aromatic nitrogens is 4. The maximum Gasteiger partial charge on any atom is 0.159 e. The summed E-state index contributed by atoms with van der Waals surface area (Å²) in [6.07, 6.45) is 7.22. The molecule has 11 heavy (non-hydrogen) atoms. The fourth-order valence-corrected chi connectivity index (χ4v) is 0.935. The van der Waals surface area contributed by atoms with Gasteiger partial charge in [0, 0.05) is 31.7 Å². The van der Waals surface area contributed by atoms with Gasteiger partial charge in [0.2, 0.25) is 0 Å². The molecule has 0 bridgehead atoms. The van der Waals surface area contributed by atoms with Gasteiger partial charge in [-0.25, -0.2) is 4.98 Å². The zero-order chi connectivity index (χ0) is 7.68. The lowest BCUT2D eigenvalue weighted by molar-refractivity contribution is 0.751. The third-order valence-electron chi connectivity index (χ3n) is 1.47. The van der Waals surface area contributed by atoms with E-state index < -0.39 is 0 Å². The fraction of sp³-hybridized carbons (Fsp3) is 0.143. The summed E-state index contributed by atoms with van der Waals surface area (Å²) < 4.78 is 3.62. The lowest BCUT2D eigenvalue weighted by atomic mass is 10.6. The molecule has 0 aliphatic carbocycles. The van der Waals surface area contributed by atoms with Gasteiger partial charge in [0.05, 0.1) is 0 Å². The molecule has 0 saturated heterocycles. The first kappa shape index (κ1) is 6.15. The Kier molecular flexibility index (Phi) is 1.25. The van der Waals surface area contributed by atoms with Crippen molar-refractivity contribution in [2.45, 2.75) is 0 Å². The lowest BCUT2D eigenvalue weighted by Gasteiger charge is -1.92. The van der Waals surface area contributed by atoms with Crippen LogP contribution >= 0.6 is 0 Å². The topological polar surface area (TPSA) is 35.6 Å². The molecule has 0 amide bonds. The number of nitrogens with zero attached hydrogens (tertiary/aromatic N) is 4. The number of imidazole rings is 1. The van der Waals surface area contributed by atoms with Crippen LogP contribution in [0.5, 0.6) is 0 Å². The molecule has 4 heteroatoms. The molecule has 4 nitrogen and oxygen atoms in total. The standard InChI is InChI=1S/C7H8N4/c1-10-4-2-7(9-10)11-5-3-8-6-11/h2-6H,1H3. The highest BCUT2D eigenvalue weighted by molar-refractivity contribution is 5.18. The summed E-state index contributed by atoms with van der Waals surface area (Å²) in [6, 6.07) is 1.93. The molecule has 0 N–H and O–H groups in total. The molecular formula is C7H8N4. The van der Waals surface area contributed by atoms with Crippen molar-refractivity contribution in [1.82, 2.24) is 19.3 Å². The van der Waals surface area contributed by atoms with Crippen LogP contribution in [0.25, 0.3) is 5.82 Å². The van der Waals surface area contributed by atoms with Gasteiger partial charge in [0.25, 0.3) is 0 Å². The van der Waals surface area contributed by atoms with E-state index in [1.807, 2.05) is 30.1 Å². The van der Waals surface area contributed by atoms with Crippen molar-refractivity contribution in [1.29, 1.82) is 0 Å². The molecule has 0 atom stereocenters. The minimum Gasteiger partial charge on any atom is -0.289 e. The zero-order valence-corrected chi connectivity index (χ0v) is 6.18.